The first kappa shape index (κ1) is 16.9. The summed E-state index contributed by atoms with van der Waals surface area (Å²) in [5, 5.41) is 4.65. The van der Waals surface area contributed by atoms with Crippen molar-refractivity contribution in [2.24, 2.45) is 0 Å². The average molecular weight is 337 g/mol. The van der Waals surface area contributed by atoms with Crippen molar-refractivity contribution < 1.29 is 9.47 Å². The minimum Gasteiger partial charge on any atom is -0.490 e. The van der Waals surface area contributed by atoms with Gasteiger partial charge in [-0.25, -0.2) is 4.68 Å². The molecule has 1 heterocycles. The van der Waals surface area contributed by atoms with Crippen LogP contribution in [0.15, 0.2) is 54.6 Å². The third kappa shape index (κ3) is 3.94. The van der Waals surface area contributed by atoms with E-state index < -0.39 is 0 Å². The van der Waals surface area contributed by atoms with E-state index in [9.17, 15) is 0 Å². The molecule has 25 heavy (non-hydrogen) atoms. The number of benzene rings is 2. The Labute approximate surface area is 148 Å². The maximum Gasteiger partial charge on any atom is 0.161 e. The van der Waals surface area contributed by atoms with Gasteiger partial charge in [-0.2, -0.15) is 5.10 Å². The highest BCUT2D eigenvalue weighted by molar-refractivity contribution is 5.66. The molecular weight excluding hydrogens is 314 g/mol. The lowest BCUT2D eigenvalue weighted by molar-refractivity contribution is 0.288. The molecule has 5 nitrogen and oxygen atoms in total. The topological polar surface area (TPSA) is 62.3 Å². The van der Waals surface area contributed by atoms with Crippen molar-refractivity contribution in [3.63, 3.8) is 0 Å². The summed E-state index contributed by atoms with van der Waals surface area (Å²) in [5.74, 6) is 2.09. The van der Waals surface area contributed by atoms with Gasteiger partial charge in [-0.1, -0.05) is 30.3 Å². The largest absolute Gasteiger partial charge is 0.490 e. The lowest BCUT2D eigenvalue weighted by Gasteiger charge is -2.11. The monoisotopic (exact) mass is 337 g/mol. The molecular formula is C20H23N3O2. The molecule has 0 aliphatic heterocycles. The first-order valence-corrected chi connectivity index (χ1v) is 8.48. The van der Waals surface area contributed by atoms with Crippen LogP contribution in [0.1, 0.15) is 19.4 Å². The van der Waals surface area contributed by atoms with Crippen molar-refractivity contribution in [1.82, 2.24) is 9.78 Å². The van der Waals surface area contributed by atoms with Crippen LogP contribution in [0.5, 0.6) is 11.5 Å². The molecule has 0 amide bonds. The number of hydrogen-bond donors (Lipinski definition) is 1. The van der Waals surface area contributed by atoms with E-state index >= 15 is 0 Å². The standard InChI is InChI=1S/C20H23N3O2/c1-3-24-18-11-10-16(12-19(18)25-4-2)17-13-20(21)23(22-17)14-15-8-6-5-7-9-15/h5-13H,3-4,14,21H2,1-2H3. The fourth-order valence-electron chi connectivity index (χ4n) is 2.67. The molecule has 0 spiro atoms. The van der Waals surface area contributed by atoms with Crippen molar-refractivity contribution in [2.45, 2.75) is 20.4 Å². The number of rotatable bonds is 7. The van der Waals surface area contributed by atoms with Crippen molar-refractivity contribution in [3.8, 4) is 22.8 Å². The average Bonchev–Trinajstić information content (AvgIpc) is 2.98. The van der Waals surface area contributed by atoms with Gasteiger partial charge in [-0.05, 0) is 37.6 Å². The Morgan fingerprint density at radius 3 is 2.36 bits per heavy atom. The molecule has 2 N–H and O–H groups in total. The molecule has 0 fully saturated rings. The number of aromatic nitrogens is 2. The third-order valence-electron chi connectivity index (χ3n) is 3.83. The zero-order valence-corrected chi connectivity index (χ0v) is 14.6. The highest BCUT2D eigenvalue weighted by Gasteiger charge is 2.12. The zero-order valence-electron chi connectivity index (χ0n) is 14.6. The van der Waals surface area contributed by atoms with Crippen molar-refractivity contribution in [2.75, 3.05) is 18.9 Å². The van der Waals surface area contributed by atoms with E-state index in [1.54, 1.807) is 0 Å². The molecule has 2 aromatic carbocycles. The van der Waals surface area contributed by atoms with Gasteiger partial charge >= 0.3 is 0 Å². The van der Waals surface area contributed by atoms with Gasteiger partial charge in [0.15, 0.2) is 11.5 Å². The number of nitrogen functional groups attached to an aromatic ring is 1. The van der Waals surface area contributed by atoms with Gasteiger partial charge in [0, 0.05) is 11.6 Å². The van der Waals surface area contributed by atoms with Gasteiger partial charge in [0.25, 0.3) is 0 Å². The quantitative estimate of drug-likeness (QED) is 0.708. The molecule has 3 aromatic rings. The van der Waals surface area contributed by atoms with E-state index in [4.69, 9.17) is 15.2 Å². The third-order valence-corrected chi connectivity index (χ3v) is 3.83. The molecule has 0 saturated carbocycles. The van der Waals surface area contributed by atoms with Gasteiger partial charge in [0.05, 0.1) is 25.5 Å². The highest BCUT2D eigenvalue weighted by Crippen LogP contribution is 2.33. The SMILES string of the molecule is CCOc1ccc(-c2cc(N)n(Cc3ccccc3)n2)cc1OCC. The summed E-state index contributed by atoms with van der Waals surface area (Å²) in [7, 11) is 0. The van der Waals surface area contributed by atoms with Crippen molar-refractivity contribution in [3.05, 3.63) is 60.2 Å². The second-order valence-corrected chi connectivity index (χ2v) is 5.63. The van der Waals surface area contributed by atoms with E-state index in [-0.39, 0.29) is 0 Å². The molecule has 0 unspecified atom stereocenters. The highest BCUT2D eigenvalue weighted by atomic mass is 16.5. The second-order valence-electron chi connectivity index (χ2n) is 5.63. The summed E-state index contributed by atoms with van der Waals surface area (Å²) in [4.78, 5) is 0. The lowest BCUT2D eigenvalue weighted by atomic mass is 10.1. The number of hydrogen-bond acceptors (Lipinski definition) is 4. The Kier molecular flexibility index (Phi) is 5.23. The predicted molar refractivity (Wildman–Crippen MR) is 100.0 cm³/mol. The molecule has 5 heteroatoms. The van der Waals surface area contributed by atoms with E-state index in [1.165, 1.54) is 0 Å². The normalized spacial score (nSPS) is 10.6. The van der Waals surface area contributed by atoms with E-state index in [1.807, 2.05) is 61.0 Å². The minimum atomic E-state index is 0.577. The van der Waals surface area contributed by atoms with Crippen LogP contribution in [0.25, 0.3) is 11.3 Å². The van der Waals surface area contributed by atoms with Crippen LogP contribution in [0.3, 0.4) is 0 Å². The van der Waals surface area contributed by atoms with Crippen LogP contribution in [0.2, 0.25) is 0 Å². The van der Waals surface area contributed by atoms with Crippen molar-refractivity contribution in [1.29, 1.82) is 0 Å². The summed E-state index contributed by atoms with van der Waals surface area (Å²) in [6.07, 6.45) is 0. The lowest BCUT2D eigenvalue weighted by Crippen LogP contribution is -2.05. The fourth-order valence-corrected chi connectivity index (χ4v) is 2.67. The van der Waals surface area contributed by atoms with Gasteiger partial charge in [0.2, 0.25) is 0 Å². The number of ether oxygens (including phenoxy) is 2. The maximum atomic E-state index is 6.15. The van der Waals surface area contributed by atoms with E-state index in [2.05, 4.69) is 17.2 Å². The second kappa shape index (κ2) is 7.75. The number of anilines is 1. The van der Waals surface area contributed by atoms with Gasteiger partial charge < -0.3 is 15.2 Å². The number of nitrogens with two attached hydrogens (primary N) is 1. The van der Waals surface area contributed by atoms with Crippen LogP contribution < -0.4 is 15.2 Å². The first-order chi connectivity index (χ1) is 12.2. The van der Waals surface area contributed by atoms with Crippen LogP contribution >= 0.6 is 0 Å². The summed E-state index contributed by atoms with van der Waals surface area (Å²) in [6.45, 7) is 5.72. The molecule has 0 aliphatic carbocycles. The summed E-state index contributed by atoms with van der Waals surface area (Å²) in [5.41, 5.74) is 9.07. The smallest absolute Gasteiger partial charge is 0.161 e. The van der Waals surface area contributed by atoms with Crippen molar-refractivity contribution >= 4 is 5.82 Å². The van der Waals surface area contributed by atoms with Crippen LogP contribution in [-0.2, 0) is 6.54 Å². The Balaban J connectivity index is 1.89. The Morgan fingerprint density at radius 1 is 0.920 bits per heavy atom. The molecule has 0 saturated heterocycles. The molecule has 0 bridgehead atoms. The Hall–Kier alpha value is -2.95. The summed E-state index contributed by atoms with van der Waals surface area (Å²) >= 11 is 0. The van der Waals surface area contributed by atoms with Gasteiger partial charge in [-0.3, -0.25) is 0 Å². The van der Waals surface area contributed by atoms with E-state index in [0.717, 1.165) is 28.3 Å². The van der Waals surface area contributed by atoms with E-state index in [0.29, 0.717) is 25.6 Å². The Bertz CT molecular complexity index is 828. The Morgan fingerprint density at radius 2 is 1.64 bits per heavy atom. The first-order valence-electron chi connectivity index (χ1n) is 8.48. The molecule has 0 aliphatic rings. The minimum absolute atomic E-state index is 0.577. The zero-order chi connectivity index (χ0) is 17.6. The van der Waals surface area contributed by atoms with Crippen LogP contribution in [0.4, 0.5) is 5.82 Å². The van der Waals surface area contributed by atoms with Crippen LogP contribution in [0, 0.1) is 0 Å². The molecule has 1 aromatic heterocycles. The van der Waals surface area contributed by atoms with Gasteiger partial charge in [0.1, 0.15) is 5.82 Å². The maximum absolute atomic E-state index is 6.15. The molecule has 3 rings (SSSR count). The molecule has 0 atom stereocenters. The number of nitrogens with zero attached hydrogens (tertiary/aromatic N) is 2. The molecule has 0 radical (unpaired) electrons. The fraction of sp³-hybridized carbons (Fsp3) is 0.250. The summed E-state index contributed by atoms with van der Waals surface area (Å²) < 4.78 is 13.1. The molecule has 130 valence electrons. The predicted octanol–water partition coefficient (Wildman–Crippen LogP) is 3.98. The van der Waals surface area contributed by atoms with Gasteiger partial charge in [-0.15, -0.1) is 0 Å². The van der Waals surface area contributed by atoms with Crippen LogP contribution in [-0.4, -0.2) is 23.0 Å². The summed E-state index contributed by atoms with van der Waals surface area (Å²) in [6, 6.07) is 17.9.